The van der Waals surface area contributed by atoms with Crippen LogP contribution in [0.2, 0.25) is 0 Å². The van der Waals surface area contributed by atoms with Crippen LogP contribution in [0.1, 0.15) is 42.8 Å². The number of hydrogen-bond donors (Lipinski definition) is 2. The second-order valence-electron chi connectivity index (χ2n) is 8.39. The summed E-state index contributed by atoms with van der Waals surface area (Å²) in [5.74, 6) is 1.93. The molecule has 1 aliphatic rings. The van der Waals surface area contributed by atoms with E-state index in [0.29, 0.717) is 34.8 Å². The third kappa shape index (κ3) is 4.47. The number of H-pyrrole nitrogens is 1. The van der Waals surface area contributed by atoms with Crippen LogP contribution in [0.4, 0.5) is 0 Å². The number of nitrogens with zero attached hydrogens (tertiary/aromatic N) is 3. The fourth-order valence-electron chi connectivity index (χ4n) is 4.28. The van der Waals surface area contributed by atoms with Crippen molar-refractivity contribution in [1.82, 2.24) is 19.7 Å². The van der Waals surface area contributed by atoms with Crippen LogP contribution in [-0.2, 0) is 12.8 Å². The molecule has 0 bridgehead atoms. The fourth-order valence-corrected chi connectivity index (χ4v) is 4.28. The lowest BCUT2D eigenvalue weighted by Crippen LogP contribution is -2.24. The van der Waals surface area contributed by atoms with Crippen molar-refractivity contribution in [3.05, 3.63) is 82.0 Å². The molecule has 0 spiro atoms. The minimum absolute atomic E-state index is 0.212. The largest absolute Gasteiger partial charge is 0.454 e. The Morgan fingerprint density at radius 3 is 2.76 bits per heavy atom. The lowest BCUT2D eigenvalue weighted by atomic mass is 10.0. The van der Waals surface area contributed by atoms with Crippen molar-refractivity contribution in [2.75, 3.05) is 6.79 Å². The molecule has 0 amide bonds. The Bertz CT molecular complexity index is 1310. The van der Waals surface area contributed by atoms with Crippen molar-refractivity contribution in [3.63, 3.8) is 0 Å². The first kappa shape index (κ1) is 21.2. The quantitative estimate of drug-likeness (QED) is 0.430. The zero-order valence-corrected chi connectivity index (χ0v) is 18.4. The third-order valence-corrected chi connectivity index (χ3v) is 6.00. The normalized spacial score (nSPS) is 14.5. The number of ether oxygens (including phenoxy) is 2. The van der Waals surface area contributed by atoms with E-state index in [-0.39, 0.29) is 18.4 Å². The molecule has 2 aromatic carbocycles. The average Bonchev–Trinajstić information content (AvgIpc) is 3.44. The van der Waals surface area contributed by atoms with Crippen molar-refractivity contribution in [2.45, 2.75) is 44.8 Å². The van der Waals surface area contributed by atoms with Gasteiger partial charge in [0.05, 0.1) is 18.3 Å². The van der Waals surface area contributed by atoms with E-state index in [1.54, 1.807) is 11.6 Å². The van der Waals surface area contributed by atoms with E-state index in [4.69, 9.17) is 14.5 Å². The zero-order valence-electron chi connectivity index (χ0n) is 18.4. The zero-order chi connectivity index (χ0) is 22.8. The summed E-state index contributed by atoms with van der Waals surface area (Å²) in [6.07, 6.45) is 3.83. The summed E-state index contributed by atoms with van der Waals surface area (Å²) in [6, 6.07) is 15.7. The van der Waals surface area contributed by atoms with Gasteiger partial charge in [0.15, 0.2) is 17.1 Å². The number of fused-ring (bicyclic) bond motifs is 2. The molecule has 2 unspecified atom stereocenters. The van der Waals surface area contributed by atoms with Gasteiger partial charge in [0.1, 0.15) is 11.2 Å². The van der Waals surface area contributed by atoms with Crippen LogP contribution >= 0.6 is 0 Å². The molecule has 0 aliphatic carbocycles. The highest BCUT2D eigenvalue weighted by molar-refractivity contribution is 5.73. The Morgan fingerprint density at radius 2 is 1.94 bits per heavy atom. The molecule has 0 saturated carbocycles. The molecule has 0 fully saturated rings. The molecular weight excluding hydrogens is 420 g/mol. The third-order valence-electron chi connectivity index (χ3n) is 6.00. The number of hydrogen-bond acceptors (Lipinski definition) is 6. The summed E-state index contributed by atoms with van der Waals surface area (Å²) >= 11 is 0. The van der Waals surface area contributed by atoms with Gasteiger partial charge in [-0.25, -0.2) is 9.67 Å². The van der Waals surface area contributed by atoms with E-state index in [9.17, 15) is 9.90 Å². The van der Waals surface area contributed by atoms with Crippen molar-refractivity contribution in [2.24, 2.45) is 0 Å². The second kappa shape index (κ2) is 9.07. The number of nitrogens with one attached hydrogen (secondary N) is 1. The fraction of sp³-hybridized carbons (Fsp3) is 0.320. The van der Waals surface area contributed by atoms with Crippen molar-refractivity contribution in [1.29, 1.82) is 0 Å². The van der Waals surface area contributed by atoms with Crippen LogP contribution in [0.25, 0.3) is 11.0 Å². The molecule has 4 aromatic rings. The van der Waals surface area contributed by atoms with Gasteiger partial charge in [-0.1, -0.05) is 36.4 Å². The standard InChI is InChI=1S/C25H26N4O4/c1-16(30)20(9-5-8-17-6-3-2-4-7-17)29-24-19(14-26-29)25(31)28-23(27-24)13-18-10-11-21-22(12-18)33-15-32-21/h2-4,6-7,10-12,14,16,20,30H,5,8-9,13,15H2,1H3,(H,27,28,31). The predicted octanol–water partition coefficient (Wildman–Crippen LogP) is 3.38. The van der Waals surface area contributed by atoms with Gasteiger partial charge < -0.3 is 19.6 Å². The first-order valence-corrected chi connectivity index (χ1v) is 11.2. The summed E-state index contributed by atoms with van der Waals surface area (Å²) in [4.78, 5) is 20.3. The van der Waals surface area contributed by atoms with Crippen LogP contribution in [0.3, 0.4) is 0 Å². The van der Waals surface area contributed by atoms with E-state index in [1.807, 2.05) is 36.4 Å². The first-order valence-electron chi connectivity index (χ1n) is 11.2. The van der Waals surface area contributed by atoms with Gasteiger partial charge in [-0.05, 0) is 49.4 Å². The van der Waals surface area contributed by atoms with Gasteiger partial charge >= 0.3 is 0 Å². The summed E-state index contributed by atoms with van der Waals surface area (Å²) < 4.78 is 12.5. The van der Waals surface area contributed by atoms with E-state index in [1.165, 1.54) is 11.8 Å². The summed E-state index contributed by atoms with van der Waals surface area (Å²) in [7, 11) is 0. The first-order chi connectivity index (χ1) is 16.1. The molecule has 3 heterocycles. The Hall–Kier alpha value is -3.65. The maximum Gasteiger partial charge on any atom is 0.262 e. The SMILES string of the molecule is CC(O)C(CCCc1ccccc1)n1ncc2c(=O)[nH]c(Cc3ccc4c(c3)OCO4)nc21. The molecule has 2 N–H and O–H groups in total. The van der Waals surface area contributed by atoms with Crippen LogP contribution < -0.4 is 15.0 Å². The molecule has 8 nitrogen and oxygen atoms in total. The second-order valence-corrected chi connectivity index (χ2v) is 8.39. The predicted molar refractivity (Wildman–Crippen MR) is 124 cm³/mol. The number of benzene rings is 2. The van der Waals surface area contributed by atoms with Crippen LogP contribution in [0, 0.1) is 0 Å². The van der Waals surface area contributed by atoms with Gasteiger partial charge in [-0.15, -0.1) is 0 Å². The van der Waals surface area contributed by atoms with Gasteiger partial charge in [-0.2, -0.15) is 5.10 Å². The van der Waals surface area contributed by atoms with Crippen LogP contribution in [-0.4, -0.2) is 37.8 Å². The maximum atomic E-state index is 12.7. The van der Waals surface area contributed by atoms with E-state index in [2.05, 4.69) is 22.2 Å². The molecule has 170 valence electrons. The maximum absolute atomic E-state index is 12.7. The Morgan fingerprint density at radius 1 is 1.12 bits per heavy atom. The Kier molecular flexibility index (Phi) is 5.83. The van der Waals surface area contributed by atoms with Gasteiger partial charge in [0.25, 0.3) is 5.56 Å². The lowest BCUT2D eigenvalue weighted by Gasteiger charge is -2.21. The smallest absolute Gasteiger partial charge is 0.262 e. The monoisotopic (exact) mass is 446 g/mol. The number of rotatable bonds is 8. The summed E-state index contributed by atoms with van der Waals surface area (Å²) in [5.41, 5.74) is 2.45. The van der Waals surface area contributed by atoms with Crippen molar-refractivity contribution >= 4 is 11.0 Å². The molecule has 33 heavy (non-hydrogen) atoms. The summed E-state index contributed by atoms with van der Waals surface area (Å²) in [6.45, 7) is 1.96. The number of aromatic amines is 1. The highest BCUT2D eigenvalue weighted by Crippen LogP contribution is 2.33. The molecule has 8 heteroatoms. The minimum atomic E-state index is -0.637. The average molecular weight is 447 g/mol. The highest BCUT2D eigenvalue weighted by atomic mass is 16.7. The van der Waals surface area contributed by atoms with E-state index in [0.717, 1.165) is 24.8 Å². The van der Waals surface area contributed by atoms with Crippen LogP contribution in [0.15, 0.2) is 59.5 Å². The lowest BCUT2D eigenvalue weighted by molar-refractivity contribution is 0.118. The Labute approximate surface area is 190 Å². The van der Waals surface area contributed by atoms with Crippen molar-refractivity contribution < 1.29 is 14.6 Å². The molecule has 5 rings (SSSR count). The Balaban J connectivity index is 1.40. The van der Waals surface area contributed by atoms with Gasteiger partial charge in [0.2, 0.25) is 6.79 Å². The molecule has 2 aromatic heterocycles. The number of aliphatic hydroxyl groups excluding tert-OH is 1. The molecular formula is C25H26N4O4. The minimum Gasteiger partial charge on any atom is -0.454 e. The van der Waals surface area contributed by atoms with Gasteiger partial charge in [0, 0.05) is 6.42 Å². The van der Waals surface area contributed by atoms with E-state index >= 15 is 0 Å². The number of aliphatic hydroxyl groups is 1. The molecule has 0 radical (unpaired) electrons. The molecule has 0 saturated heterocycles. The number of aryl methyl sites for hydroxylation is 1. The van der Waals surface area contributed by atoms with E-state index < -0.39 is 6.10 Å². The van der Waals surface area contributed by atoms with Crippen LogP contribution in [0.5, 0.6) is 11.5 Å². The molecule has 2 atom stereocenters. The summed E-state index contributed by atoms with van der Waals surface area (Å²) in [5, 5.41) is 15.4. The van der Waals surface area contributed by atoms with Gasteiger partial charge in [-0.3, -0.25) is 4.79 Å². The topological polar surface area (TPSA) is 102 Å². The number of aromatic nitrogens is 4. The van der Waals surface area contributed by atoms with Crippen molar-refractivity contribution in [3.8, 4) is 11.5 Å². The molecule has 1 aliphatic heterocycles. The highest BCUT2D eigenvalue weighted by Gasteiger charge is 2.22.